The fourth-order valence-corrected chi connectivity index (χ4v) is 3.62. The van der Waals surface area contributed by atoms with Crippen LogP contribution in [0.2, 0.25) is 0 Å². The number of hydrogen-bond acceptors (Lipinski definition) is 6. The average molecular weight is 369 g/mol. The molecule has 140 valence electrons. The van der Waals surface area contributed by atoms with Crippen LogP contribution in [0.5, 0.6) is 11.5 Å². The zero-order valence-corrected chi connectivity index (χ0v) is 14.6. The van der Waals surface area contributed by atoms with Crippen LogP contribution in [0.15, 0.2) is 36.4 Å². The molecule has 0 saturated carbocycles. The number of nitrogens with zero attached hydrogens (tertiary/aromatic N) is 2. The van der Waals surface area contributed by atoms with Gasteiger partial charge >= 0.3 is 0 Å². The summed E-state index contributed by atoms with van der Waals surface area (Å²) in [6.07, 6.45) is 1.68. The van der Waals surface area contributed by atoms with Crippen LogP contribution in [0.3, 0.4) is 0 Å². The molecule has 27 heavy (non-hydrogen) atoms. The highest BCUT2D eigenvalue weighted by Crippen LogP contribution is 2.39. The molecular formula is C19H19N3O5. The third-order valence-electron chi connectivity index (χ3n) is 4.94. The standard InChI is InChI=1S/C19H19N3O5/c20-14-5-3-13(10-16(14)22(24)25)19(23)21-7-1-2-15(21)12-4-6-17-18(11-12)27-9-8-26-17/h3-6,10-11,15H,1-2,7-9,20H2. The smallest absolute Gasteiger partial charge is 0.292 e. The van der Waals surface area contributed by atoms with Crippen molar-refractivity contribution < 1.29 is 19.2 Å². The van der Waals surface area contributed by atoms with Crippen LogP contribution in [-0.2, 0) is 0 Å². The molecule has 2 aliphatic heterocycles. The SMILES string of the molecule is Nc1ccc(C(=O)N2CCCC2c2ccc3c(c2)OCCO3)cc1[N+](=O)[O-]. The number of carbonyl (C=O) groups is 1. The van der Waals surface area contributed by atoms with E-state index in [1.54, 1.807) is 4.90 Å². The van der Waals surface area contributed by atoms with Gasteiger partial charge in [0.15, 0.2) is 11.5 Å². The Bertz CT molecular complexity index is 914. The van der Waals surface area contributed by atoms with E-state index < -0.39 is 4.92 Å². The summed E-state index contributed by atoms with van der Waals surface area (Å²) in [6, 6.07) is 9.79. The first-order chi connectivity index (χ1) is 13.0. The van der Waals surface area contributed by atoms with Crippen molar-refractivity contribution in [2.75, 3.05) is 25.5 Å². The molecule has 1 atom stereocenters. The van der Waals surface area contributed by atoms with E-state index in [-0.39, 0.29) is 28.9 Å². The molecule has 0 aromatic heterocycles. The Kier molecular flexibility index (Phi) is 4.31. The van der Waals surface area contributed by atoms with E-state index in [1.165, 1.54) is 18.2 Å². The first-order valence-electron chi connectivity index (χ1n) is 8.79. The van der Waals surface area contributed by atoms with Crippen molar-refractivity contribution in [1.82, 2.24) is 4.90 Å². The Morgan fingerprint density at radius 2 is 1.93 bits per heavy atom. The number of benzene rings is 2. The van der Waals surface area contributed by atoms with E-state index in [2.05, 4.69) is 0 Å². The van der Waals surface area contributed by atoms with Crippen molar-refractivity contribution in [3.05, 3.63) is 57.6 Å². The van der Waals surface area contributed by atoms with E-state index in [1.807, 2.05) is 18.2 Å². The topological polar surface area (TPSA) is 108 Å². The zero-order chi connectivity index (χ0) is 19.0. The second-order valence-electron chi connectivity index (χ2n) is 6.59. The van der Waals surface area contributed by atoms with Gasteiger partial charge in [0.05, 0.1) is 11.0 Å². The summed E-state index contributed by atoms with van der Waals surface area (Å²) in [6.45, 7) is 1.62. The third kappa shape index (κ3) is 3.14. The van der Waals surface area contributed by atoms with Crippen molar-refractivity contribution in [2.45, 2.75) is 18.9 Å². The summed E-state index contributed by atoms with van der Waals surface area (Å²) in [7, 11) is 0. The first-order valence-corrected chi connectivity index (χ1v) is 8.79. The monoisotopic (exact) mass is 369 g/mol. The quantitative estimate of drug-likeness (QED) is 0.506. The number of ether oxygens (including phenoxy) is 2. The molecule has 8 nitrogen and oxygen atoms in total. The third-order valence-corrected chi connectivity index (χ3v) is 4.94. The molecule has 0 aliphatic carbocycles. The van der Waals surface area contributed by atoms with Crippen molar-refractivity contribution in [1.29, 1.82) is 0 Å². The number of carbonyl (C=O) groups excluding carboxylic acids is 1. The number of fused-ring (bicyclic) bond motifs is 1. The fraction of sp³-hybridized carbons (Fsp3) is 0.316. The number of nitro benzene ring substituents is 1. The molecule has 2 aliphatic rings. The summed E-state index contributed by atoms with van der Waals surface area (Å²) >= 11 is 0. The van der Waals surface area contributed by atoms with Crippen LogP contribution in [0.1, 0.15) is 34.8 Å². The minimum Gasteiger partial charge on any atom is -0.486 e. The second-order valence-corrected chi connectivity index (χ2v) is 6.59. The van der Waals surface area contributed by atoms with Gasteiger partial charge in [0, 0.05) is 18.2 Å². The summed E-state index contributed by atoms with van der Waals surface area (Å²) < 4.78 is 11.2. The van der Waals surface area contributed by atoms with Crippen molar-refractivity contribution in [3.63, 3.8) is 0 Å². The number of nitro groups is 1. The van der Waals surface area contributed by atoms with Crippen LogP contribution < -0.4 is 15.2 Å². The summed E-state index contributed by atoms with van der Waals surface area (Å²) in [4.78, 5) is 25.3. The lowest BCUT2D eigenvalue weighted by Gasteiger charge is -2.27. The number of rotatable bonds is 3. The molecule has 4 rings (SSSR count). The maximum atomic E-state index is 13.0. The van der Waals surface area contributed by atoms with Crippen LogP contribution >= 0.6 is 0 Å². The number of nitrogens with two attached hydrogens (primary N) is 1. The van der Waals surface area contributed by atoms with Gasteiger partial charge in [0.25, 0.3) is 11.6 Å². The van der Waals surface area contributed by atoms with Crippen molar-refractivity contribution in [3.8, 4) is 11.5 Å². The van der Waals surface area contributed by atoms with Gasteiger partial charge in [-0.1, -0.05) is 6.07 Å². The molecule has 1 fully saturated rings. The normalized spacial score (nSPS) is 18.4. The largest absolute Gasteiger partial charge is 0.486 e. The predicted octanol–water partition coefficient (Wildman–Crippen LogP) is 2.93. The van der Waals surface area contributed by atoms with E-state index >= 15 is 0 Å². The Morgan fingerprint density at radius 1 is 1.15 bits per heavy atom. The van der Waals surface area contributed by atoms with Crippen LogP contribution in [0, 0.1) is 10.1 Å². The van der Waals surface area contributed by atoms with Gasteiger partial charge in [-0.15, -0.1) is 0 Å². The minimum atomic E-state index is -0.575. The number of anilines is 1. The lowest BCUT2D eigenvalue weighted by molar-refractivity contribution is -0.383. The summed E-state index contributed by atoms with van der Waals surface area (Å²) in [5, 5.41) is 11.1. The minimum absolute atomic E-state index is 0.0429. The van der Waals surface area contributed by atoms with Gasteiger partial charge in [-0.25, -0.2) is 0 Å². The van der Waals surface area contributed by atoms with E-state index in [4.69, 9.17) is 15.2 Å². The number of nitrogen functional groups attached to an aromatic ring is 1. The predicted molar refractivity (Wildman–Crippen MR) is 98.0 cm³/mol. The van der Waals surface area contributed by atoms with Gasteiger partial charge in [-0.2, -0.15) is 0 Å². The molecule has 2 aromatic rings. The highest BCUT2D eigenvalue weighted by Gasteiger charge is 2.32. The average Bonchev–Trinajstić information content (AvgIpc) is 3.17. The van der Waals surface area contributed by atoms with Gasteiger partial charge in [0.1, 0.15) is 18.9 Å². The maximum Gasteiger partial charge on any atom is 0.292 e. The Hall–Kier alpha value is -3.29. The number of likely N-dealkylation sites (tertiary alicyclic amines) is 1. The Balaban J connectivity index is 1.62. The molecule has 1 saturated heterocycles. The molecule has 1 unspecified atom stereocenters. The molecular weight excluding hydrogens is 350 g/mol. The first kappa shape index (κ1) is 17.1. The molecule has 2 N–H and O–H groups in total. The van der Waals surface area contributed by atoms with E-state index in [9.17, 15) is 14.9 Å². The second kappa shape index (κ2) is 6.79. The molecule has 8 heteroatoms. The fourth-order valence-electron chi connectivity index (χ4n) is 3.62. The van der Waals surface area contributed by atoms with Crippen LogP contribution in [0.4, 0.5) is 11.4 Å². The number of amides is 1. The molecule has 0 spiro atoms. The summed E-state index contributed by atoms with van der Waals surface area (Å²) in [5.74, 6) is 1.15. The summed E-state index contributed by atoms with van der Waals surface area (Å²) in [5.41, 5.74) is 6.66. The van der Waals surface area contributed by atoms with Crippen molar-refractivity contribution in [2.24, 2.45) is 0 Å². The molecule has 0 bridgehead atoms. The van der Waals surface area contributed by atoms with Crippen molar-refractivity contribution >= 4 is 17.3 Å². The lowest BCUT2D eigenvalue weighted by Crippen LogP contribution is -2.30. The van der Waals surface area contributed by atoms with Gasteiger partial charge < -0.3 is 20.1 Å². The van der Waals surface area contributed by atoms with Gasteiger partial charge in [0.2, 0.25) is 0 Å². The molecule has 2 heterocycles. The van der Waals surface area contributed by atoms with Gasteiger partial charge in [-0.3, -0.25) is 14.9 Å². The van der Waals surface area contributed by atoms with E-state index in [0.717, 1.165) is 18.4 Å². The Labute approximate surface area is 155 Å². The van der Waals surface area contributed by atoms with E-state index in [0.29, 0.717) is 31.3 Å². The lowest BCUT2D eigenvalue weighted by atomic mass is 10.0. The molecule has 0 radical (unpaired) electrons. The highest BCUT2D eigenvalue weighted by molar-refractivity contribution is 5.96. The van der Waals surface area contributed by atoms with Gasteiger partial charge in [-0.05, 0) is 42.7 Å². The zero-order valence-electron chi connectivity index (χ0n) is 14.6. The highest BCUT2D eigenvalue weighted by atomic mass is 16.6. The number of hydrogen-bond donors (Lipinski definition) is 1. The molecule has 2 aromatic carbocycles. The van der Waals surface area contributed by atoms with Crippen LogP contribution in [0.25, 0.3) is 0 Å². The molecule has 1 amide bonds. The maximum absolute atomic E-state index is 13.0. The van der Waals surface area contributed by atoms with Crippen LogP contribution in [-0.4, -0.2) is 35.5 Å². The Morgan fingerprint density at radius 3 is 2.70 bits per heavy atom.